The third-order valence-corrected chi connectivity index (χ3v) is 4.79. The van der Waals surface area contributed by atoms with Crippen LogP contribution in [0.2, 0.25) is 0 Å². The molecule has 1 heterocycles. The van der Waals surface area contributed by atoms with E-state index in [4.69, 9.17) is 4.74 Å². The number of benzene rings is 1. The molecule has 0 spiro atoms. The number of aliphatic hydroxyl groups is 1. The molecule has 1 N–H and O–H groups in total. The van der Waals surface area contributed by atoms with Gasteiger partial charge in [-0.3, -0.25) is 0 Å². The van der Waals surface area contributed by atoms with Gasteiger partial charge in [0.15, 0.2) is 0 Å². The molecule has 1 aliphatic heterocycles. The predicted octanol–water partition coefficient (Wildman–Crippen LogP) is 2.98. The Morgan fingerprint density at radius 3 is 2.44 bits per heavy atom. The van der Waals surface area contributed by atoms with Crippen LogP contribution in [-0.4, -0.2) is 59.9 Å². The van der Waals surface area contributed by atoms with Gasteiger partial charge < -0.3 is 19.6 Å². The lowest BCUT2D eigenvalue weighted by Crippen LogP contribution is -2.62. The first-order chi connectivity index (χ1) is 11.6. The minimum absolute atomic E-state index is 0.0728. The number of nitrogens with zero attached hydrogens (tertiary/aromatic N) is 2. The molecule has 0 unspecified atom stereocenters. The summed E-state index contributed by atoms with van der Waals surface area (Å²) in [6.07, 6.45) is -0.265. The lowest BCUT2D eigenvalue weighted by molar-refractivity contribution is -0.0676. The van der Waals surface area contributed by atoms with E-state index in [1.165, 1.54) is 5.56 Å². The van der Waals surface area contributed by atoms with Crippen LogP contribution in [0.3, 0.4) is 0 Å². The lowest BCUT2D eigenvalue weighted by Gasteiger charge is -2.52. The normalized spacial score (nSPS) is 18.0. The van der Waals surface area contributed by atoms with Gasteiger partial charge in [-0.05, 0) is 33.4 Å². The molecule has 25 heavy (non-hydrogen) atoms. The van der Waals surface area contributed by atoms with Gasteiger partial charge in [0.2, 0.25) is 0 Å². The topological polar surface area (TPSA) is 53.0 Å². The number of rotatable bonds is 6. The number of hydrogen-bond donors (Lipinski definition) is 1. The summed E-state index contributed by atoms with van der Waals surface area (Å²) < 4.78 is 5.42. The zero-order valence-corrected chi connectivity index (χ0v) is 16.2. The summed E-state index contributed by atoms with van der Waals surface area (Å²) in [5, 5.41) is 9.89. The van der Waals surface area contributed by atoms with Crippen molar-refractivity contribution in [2.75, 3.05) is 33.3 Å². The molecule has 1 saturated heterocycles. The highest BCUT2D eigenvalue weighted by molar-refractivity contribution is 5.69. The summed E-state index contributed by atoms with van der Waals surface area (Å²) in [5.74, 6) is 0.125. The summed E-state index contributed by atoms with van der Waals surface area (Å²) in [6.45, 7) is 10.8. The molecule has 1 amide bonds. The number of carbonyl (C=O) groups is 1. The van der Waals surface area contributed by atoms with Crippen molar-refractivity contribution in [3.05, 3.63) is 35.9 Å². The maximum atomic E-state index is 12.1. The quantitative estimate of drug-likeness (QED) is 0.859. The summed E-state index contributed by atoms with van der Waals surface area (Å²) >= 11 is 0. The van der Waals surface area contributed by atoms with E-state index in [1.807, 2.05) is 39.0 Å². The van der Waals surface area contributed by atoms with E-state index >= 15 is 0 Å². The third kappa shape index (κ3) is 5.44. The summed E-state index contributed by atoms with van der Waals surface area (Å²) in [7, 11) is 2.07. The molecule has 5 nitrogen and oxygen atoms in total. The molecule has 1 aromatic rings. The average Bonchev–Trinajstić information content (AvgIpc) is 2.48. The second kappa shape index (κ2) is 7.75. The van der Waals surface area contributed by atoms with Gasteiger partial charge >= 0.3 is 6.09 Å². The SMILES string of the molecule is CN(Cc1ccccc1)C[C@@H](CO)C1(C)CN(C(=O)OC(C)(C)C)C1. The smallest absolute Gasteiger partial charge is 0.410 e. The van der Waals surface area contributed by atoms with Gasteiger partial charge in [-0.1, -0.05) is 37.3 Å². The monoisotopic (exact) mass is 348 g/mol. The minimum atomic E-state index is -0.477. The van der Waals surface area contributed by atoms with E-state index in [-0.39, 0.29) is 24.0 Å². The van der Waals surface area contributed by atoms with Crippen molar-refractivity contribution in [3.8, 4) is 0 Å². The first kappa shape index (κ1) is 19.7. The fraction of sp³-hybridized carbons (Fsp3) is 0.650. The zero-order valence-electron chi connectivity index (χ0n) is 16.2. The maximum absolute atomic E-state index is 12.1. The molecule has 0 aliphatic carbocycles. The van der Waals surface area contributed by atoms with E-state index < -0.39 is 5.60 Å². The second-order valence-electron chi connectivity index (χ2n) is 8.55. The Bertz CT molecular complexity index is 562. The summed E-state index contributed by atoms with van der Waals surface area (Å²) in [4.78, 5) is 16.1. The molecule has 0 radical (unpaired) electrons. The van der Waals surface area contributed by atoms with Crippen molar-refractivity contribution in [1.29, 1.82) is 0 Å². The van der Waals surface area contributed by atoms with Crippen molar-refractivity contribution in [1.82, 2.24) is 9.80 Å². The highest BCUT2D eigenvalue weighted by atomic mass is 16.6. The van der Waals surface area contributed by atoms with Gasteiger partial charge in [-0.2, -0.15) is 0 Å². The van der Waals surface area contributed by atoms with Crippen LogP contribution < -0.4 is 0 Å². The van der Waals surface area contributed by atoms with Crippen molar-refractivity contribution >= 4 is 6.09 Å². The van der Waals surface area contributed by atoms with Gasteiger partial charge in [0, 0.05) is 44.1 Å². The number of likely N-dealkylation sites (tertiary alicyclic amines) is 1. The van der Waals surface area contributed by atoms with Gasteiger partial charge in [-0.15, -0.1) is 0 Å². The summed E-state index contributed by atoms with van der Waals surface area (Å²) in [5.41, 5.74) is 0.710. The van der Waals surface area contributed by atoms with Crippen LogP contribution in [0.1, 0.15) is 33.3 Å². The van der Waals surface area contributed by atoms with E-state index in [0.717, 1.165) is 13.1 Å². The largest absolute Gasteiger partial charge is 0.444 e. The second-order valence-corrected chi connectivity index (χ2v) is 8.55. The van der Waals surface area contributed by atoms with Crippen LogP contribution in [-0.2, 0) is 11.3 Å². The Balaban J connectivity index is 1.87. The van der Waals surface area contributed by atoms with Crippen LogP contribution in [0.5, 0.6) is 0 Å². The highest BCUT2D eigenvalue weighted by Gasteiger charge is 2.47. The molecule has 1 aliphatic rings. The number of carbonyl (C=O) groups excluding carboxylic acids is 1. The number of hydrogen-bond acceptors (Lipinski definition) is 4. The highest BCUT2D eigenvalue weighted by Crippen LogP contribution is 2.38. The molecular weight excluding hydrogens is 316 g/mol. The number of amides is 1. The van der Waals surface area contributed by atoms with Crippen LogP contribution in [0.4, 0.5) is 4.79 Å². The van der Waals surface area contributed by atoms with Gasteiger partial charge in [0.25, 0.3) is 0 Å². The third-order valence-electron chi connectivity index (χ3n) is 4.79. The summed E-state index contributed by atoms with van der Waals surface area (Å²) in [6, 6.07) is 10.3. The van der Waals surface area contributed by atoms with E-state index in [0.29, 0.717) is 13.1 Å². The fourth-order valence-electron chi connectivity index (χ4n) is 3.37. The molecule has 0 saturated carbocycles. The first-order valence-electron chi connectivity index (χ1n) is 8.94. The molecule has 5 heteroatoms. The number of aliphatic hydroxyl groups excluding tert-OH is 1. The molecule has 1 aromatic carbocycles. The van der Waals surface area contributed by atoms with Crippen molar-refractivity contribution < 1.29 is 14.6 Å². The van der Waals surface area contributed by atoms with Crippen LogP contribution in [0.15, 0.2) is 30.3 Å². The predicted molar refractivity (Wildman–Crippen MR) is 99.3 cm³/mol. The average molecular weight is 348 g/mol. The van der Waals surface area contributed by atoms with E-state index in [9.17, 15) is 9.90 Å². The van der Waals surface area contributed by atoms with Crippen LogP contribution in [0, 0.1) is 11.3 Å². The molecule has 140 valence electrons. The van der Waals surface area contributed by atoms with Gasteiger partial charge in [0.05, 0.1) is 0 Å². The molecule has 1 fully saturated rings. The lowest BCUT2D eigenvalue weighted by atomic mass is 9.71. The Morgan fingerprint density at radius 1 is 1.32 bits per heavy atom. The van der Waals surface area contributed by atoms with Crippen molar-refractivity contribution in [2.24, 2.45) is 11.3 Å². The molecule has 1 atom stereocenters. The zero-order chi connectivity index (χ0) is 18.7. The number of ether oxygens (including phenoxy) is 1. The molecular formula is C20H32N2O3. The Hall–Kier alpha value is -1.59. The molecule has 0 aromatic heterocycles. The molecule has 0 bridgehead atoms. The van der Waals surface area contributed by atoms with Crippen molar-refractivity contribution in [2.45, 2.75) is 39.8 Å². The Labute approximate surface area is 151 Å². The Kier molecular flexibility index (Phi) is 6.12. The van der Waals surface area contributed by atoms with Gasteiger partial charge in [0.1, 0.15) is 5.60 Å². The fourth-order valence-corrected chi connectivity index (χ4v) is 3.37. The molecule has 2 rings (SSSR count). The van der Waals surface area contributed by atoms with Crippen molar-refractivity contribution in [3.63, 3.8) is 0 Å². The maximum Gasteiger partial charge on any atom is 0.410 e. The van der Waals surface area contributed by atoms with Gasteiger partial charge in [-0.25, -0.2) is 4.79 Å². The minimum Gasteiger partial charge on any atom is -0.444 e. The first-order valence-corrected chi connectivity index (χ1v) is 8.94. The van der Waals surface area contributed by atoms with E-state index in [1.54, 1.807) is 4.90 Å². The standard InChI is InChI=1S/C20H32N2O3/c1-19(2,3)25-18(24)22-14-20(4,15-22)17(13-23)12-21(5)11-16-9-7-6-8-10-16/h6-10,17,23H,11-15H2,1-5H3/t17-/m0/s1. The van der Waals surface area contributed by atoms with Crippen LogP contribution in [0.25, 0.3) is 0 Å². The Morgan fingerprint density at radius 2 is 1.92 bits per heavy atom. The van der Waals surface area contributed by atoms with E-state index in [2.05, 4.69) is 31.0 Å². The van der Waals surface area contributed by atoms with Crippen LogP contribution >= 0.6 is 0 Å².